The fourth-order valence-electron chi connectivity index (χ4n) is 4.39. The number of hydrogen-bond donors (Lipinski definition) is 3. The number of nitrogens with zero attached hydrogens (tertiary/aromatic N) is 2. The van der Waals surface area contributed by atoms with Gasteiger partial charge in [0.15, 0.2) is 0 Å². The molecule has 178 valence electrons. The summed E-state index contributed by atoms with van der Waals surface area (Å²) in [6.07, 6.45) is 0.195. The summed E-state index contributed by atoms with van der Waals surface area (Å²) >= 11 is 0. The number of benzene rings is 3. The smallest absolute Gasteiger partial charge is 0.276 e. The number of fused-ring (bicyclic) bond motifs is 1. The highest BCUT2D eigenvalue weighted by atomic mass is 32.2. The summed E-state index contributed by atoms with van der Waals surface area (Å²) in [6.45, 7) is -0.0530. The number of H-pyrrole nitrogens is 1. The highest BCUT2D eigenvalue weighted by Gasteiger charge is 2.43. The van der Waals surface area contributed by atoms with Crippen LogP contribution in [0.4, 0.5) is 0 Å². The van der Waals surface area contributed by atoms with Crippen LogP contribution in [0.3, 0.4) is 0 Å². The van der Waals surface area contributed by atoms with Crippen molar-refractivity contribution in [2.75, 3.05) is 6.54 Å². The molecular formula is C25H22N4O5S. The van der Waals surface area contributed by atoms with E-state index in [2.05, 4.69) is 5.10 Å². The number of hydroxylamine groups is 1. The van der Waals surface area contributed by atoms with Gasteiger partial charge in [-0.05, 0) is 35.4 Å². The van der Waals surface area contributed by atoms with Gasteiger partial charge in [0.1, 0.15) is 6.04 Å². The van der Waals surface area contributed by atoms with Gasteiger partial charge in [0.05, 0.1) is 16.1 Å². The van der Waals surface area contributed by atoms with Crippen LogP contribution < -0.4 is 11.0 Å². The fourth-order valence-corrected chi connectivity index (χ4v) is 5.95. The van der Waals surface area contributed by atoms with Crippen LogP contribution in [-0.2, 0) is 21.2 Å². The number of hydrogen-bond acceptors (Lipinski definition) is 5. The lowest BCUT2D eigenvalue weighted by Gasteiger charge is -2.32. The predicted molar refractivity (Wildman–Crippen MR) is 129 cm³/mol. The average molecular weight is 491 g/mol. The Bertz CT molecular complexity index is 1530. The molecule has 4 aromatic rings. The Labute approximate surface area is 201 Å². The van der Waals surface area contributed by atoms with Gasteiger partial charge >= 0.3 is 0 Å². The number of aromatic nitrogens is 2. The fraction of sp³-hybridized carbons (Fsp3) is 0.120. The van der Waals surface area contributed by atoms with Crippen molar-refractivity contribution in [2.24, 2.45) is 0 Å². The molecule has 1 amide bonds. The molecule has 1 aliphatic heterocycles. The topological polar surface area (TPSA) is 124 Å². The van der Waals surface area contributed by atoms with Crippen molar-refractivity contribution >= 4 is 15.9 Å². The zero-order valence-electron chi connectivity index (χ0n) is 18.5. The first-order valence-electron chi connectivity index (χ1n) is 10.9. The first-order chi connectivity index (χ1) is 16.9. The molecule has 5 rings (SSSR count). The van der Waals surface area contributed by atoms with E-state index in [1.54, 1.807) is 42.5 Å². The van der Waals surface area contributed by atoms with Gasteiger partial charge in [-0.1, -0.05) is 60.7 Å². The van der Waals surface area contributed by atoms with Gasteiger partial charge in [0.25, 0.3) is 11.5 Å². The van der Waals surface area contributed by atoms with Gasteiger partial charge < -0.3 is 0 Å². The molecule has 1 unspecified atom stereocenters. The number of carbonyl (C=O) groups is 1. The molecule has 0 saturated heterocycles. The summed E-state index contributed by atoms with van der Waals surface area (Å²) < 4.78 is 29.5. The van der Waals surface area contributed by atoms with Crippen molar-refractivity contribution in [1.82, 2.24) is 19.6 Å². The molecule has 0 radical (unpaired) electrons. The first-order valence-corrected chi connectivity index (χ1v) is 12.4. The van der Waals surface area contributed by atoms with E-state index < -0.39 is 27.5 Å². The van der Waals surface area contributed by atoms with E-state index in [-0.39, 0.29) is 23.4 Å². The lowest BCUT2D eigenvalue weighted by molar-refractivity contribution is -0.133. The maximum atomic E-state index is 13.6. The number of nitrogens with one attached hydrogen (secondary N) is 2. The molecule has 0 bridgehead atoms. The minimum absolute atomic E-state index is 0.0175. The summed E-state index contributed by atoms with van der Waals surface area (Å²) in [5.74, 6) is -1.01. The average Bonchev–Trinajstić information content (AvgIpc) is 3.25. The molecule has 3 aromatic carbocycles. The number of amides is 1. The number of rotatable bonds is 5. The minimum atomic E-state index is -4.18. The Morgan fingerprint density at radius 2 is 1.51 bits per heavy atom. The van der Waals surface area contributed by atoms with E-state index in [1.165, 1.54) is 22.3 Å². The highest BCUT2D eigenvalue weighted by molar-refractivity contribution is 7.89. The van der Waals surface area contributed by atoms with Crippen LogP contribution in [0.2, 0.25) is 0 Å². The minimum Gasteiger partial charge on any atom is -0.295 e. The monoisotopic (exact) mass is 490 g/mol. The lowest BCUT2D eigenvalue weighted by atomic mass is 10.0. The molecule has 3 N–H and O–H groups in total. The second-order valence-electron chi connectivity index (χ2n) is 8.11. The number of carbonyl (C=O) groups excluding carboxylic acids is 1. The van der Waals surface area contributed by atoms with Gasteiger partial charge in [-0.25, -0.2) is 18.6 Å². The van der Waals surface area contributed by atoms with Crippen molar-refractivity contribution in [3.63, 3.8) is 0 Å². The normalized spacial score (nSPS) is 16.0. The molecule has 1 atom stereocenters. The summed E-state index contributed by atoms with van der Waals surface area (Å²) in [4.78, 5) is 26.0. The summed E-state index contributed by atoms with van der Waals surface area (Å²) in [5, 5.41) is 12.4. The van der Waals surface area contributed by atoms with E-state index in [0.717, 1.165) is 15.4 Å². The van der Waals surface area contributed by atoms with Crippen LogP contribution in [0.5, 0.6) is 0 Å². The highest BCUT2D eigenvalue weighted by Crippen LogP contribution is 2.33. The van der Waals surface area contributed by atoms with Gasteiger partial charge in [0, 0.05) is 18.7 Å². The van der Waals surface area contributed by atoms with Crippen molar-refractivity contribution in [2.45, 2.75) is 17.4 Å². The van der Waals surface area contributed by atoms with E-state index in [4.69, 9.17) is 0 Å². The zero-order chi connectivity index (χ0) is 24.6. The third-order valence-electron chi connectivity index (χ3n) is 6.09. The van der Waals surface area contributed by atoms with Crippen LogP contribution >= 0.6 is 0 Å². The zero-order valence-corrected chi connectivity index (χ0v) is 19.3. The lowest BCUT2D eigenvalue weighted by Crippen LogP contribution is -2.48. The van der Waals surface area contributed by atoms with Crippen molar-refractivity contribution in [3.8, 4) is 16.8 Å². The van der Waals surface area contributed by atoms with E-state index in [1.807, 2.05) is 30.3 Å². The van der Waals surface area contributed by atoms with Crippen molar-refractivity contribution < 1.29 is 18.4 Å². The Balaban J connectivity index is 1.56. The molecule has 0 spiro atoms. The predicted octanol–water partition coefficient (Wildman–Crippen LogP) is 2.63. The summed E-state index contributed by atoms with van der Waals surface area (Å²) in [7, 11) is -4.18. The quantitative estimate of drug-likeness (QED) is 0.293. The second kappa shape index (κ2) is 8.99. The standard InChI is InChI=1S/C25H22N4O5S/c30-24(27-32)23-22-21(26-29(25(22)31)19-9-5-2-6-10-19)15-16-28(23)35(33,34)20-13-11-18(12-14-20)17-7-3-1-4-8-17/h1-14,23,26,32H,15-16H2,(H,27,30). The van der Waals surface area contributed by atoms with Crippen LogP contribution in [0, 0.1) is 0 Å². The van der Waals surface area contributed by atoms with Crippen molar-refractivity contribution in [1.29, 1.82) is 0 Å². The molecule has 0 aliphatic carbocycles. The van der Waals surface area contributed by atoms with Crippen LogP contribution in [0.15, 0.2) is 94.6 Å². The molecule has 2 heterocycles. The van der Waals surface area contributed by atoms with Gasteiger partial charge in [-0.15, -0.1) is 0 Å². The van der Waals surface area contributed by atoms with Gasteiger partial charge in [-0.3, -0.25) is 19.9 Å². The first kappa shape index (κ1) is 22.8. The van der Waals surface area contributed by atoms with Crippen LogP contribution in [0.1, 0.15) is 17.3 Å². The summed E-state index contributed by atoms with van der Waals surface area (Å²) in [6, 6.07) is 23.1. The number of sulfonamides is 1. The molecule has 10 heteroatoms. The third-order valence-corrected chi connectivity index (χ3v) is 7.97. The molecule has 1 aliphatic rings. The van der Waals surface area contributed by atoms with Gasteiger partial charge in [0.2, 0.25) is 10.0 Å². The second-order valence-corrected chi connectivity index (χ2v) is 10.0. The van der Waals surface area contributed by atoms with Crippen LogP contribution in [-0.4, -0.2) is 40.2 Å². The Hall–Kier alpha value is -3.99. The Morgan fingerprint density at radius 3 is 2.14 bits per heavy atom. The molecule has 0 fully saturated rings. The van der Waals surface area contributed by atoms with Gasteiger partial charge in [-0.2, -0.15) is 4.31 Å². The van der Waals surface area contributed by atoms with Crippen LogP contribution in [0.25, 0.3) is 16.8 Å². The van der Waals surface area contributed by atoms with Crippen molar-refractivity contribution in [3.05, 3.63) is 107 Å². The largest absolute Gasteiger partial charge is 0.295 e. The molecule has 0 saturated carbocycles. The molecule has 9 nitrogen and oxygen atoms in total. The maximum absolute atomic E-state index is 13.6. The van der Waals surface area contributed by atoms with E-state index in [0.29, 0.717) is 11.4 Å². The molecule has 1 aromatic heterocycles. The Morgan fingerprint density at radius 1 is 0.914 bits per heavy atom. The SMILES string of the molecule is O=C(NO)C1c2c([nH]n(-c3ccccc3)c2=O)CCN1S(=O)(=O)c1ccc(-c2ccccc2)cc1. The number of para-hydroxylation sites is 1. The van der Waals surface area contributed by atoms with E-state index in [9.17, 15) is 23.2 Å². The Kier molecular flexibility index (Phi) is 5.85. The third kappa shape index (κ3) is 3.97. The van der Waals surface area contributed by atoms with E-state index >= 15 is 0 Å². The molecule has 35 heavy (non-hydrogen) atoms. The maximum Gasteiger partial charge on any atom is 0.276 e. The summed E-state index contributed by atoms with van der Waals surface area (Å²) in [5.41, 5.74) is 3.72. The number of aromatic amines is 1. The molecular weight excluding hydrogens is 468 g/mol.